The first-order valence-corrected chi connectivity index (χ1v) is 9.82. The van der Waals surface area contributed by atoms with Crippen LogP contribution in [0.5, 0.6) is 5.75 Å². The predicted molar refractivity (Wildman–Crippen MR) is 101 cm³/mol. The molecule has 2 aliphatic rings. The quantitative estimate of drug-likeness (QED) is 0.763. The van der Waals surface area contributed by atoms with Crippen LogP contribution in [0.15, 0.2) is 18.2 Å². The van der Waals surface area contributed by atoms with Gasteiger partial charge in [0.15, 0.2) is 0 Å². The van der Waals surface area contributed by atoms with Gasteiger partial charge in [-0.05, 0) is 57.1 Å². The average molecular weight is 358 g/mol. The average Bonchev–Trinajstić information content (AvgIpc) is 3.46. The minimum atomic E-state index is 0.196. The summed E-state index contributed by atoms with van der Waals surface area (Å²) in [6.07, 6.45) is 5.04. The number of hydrogen-bond donors (Lipinski definition) is 1. The van der Waals surface area contributed by atoms with E-state index in [1.54, 1.807) is 0 Å². The van der Waals surface area contributed by atoms with Gasteiger partial charge in [-0.25, -0.2) is 0 Å². The molecule has 0 bridgehead atoms. The molecule has 2 fully saturated rings. The van der Waals surface area contributed by atoms with Crippen LogP contribution in [0.2, 0.25) is 0 Å². The van der Waals surface area contributed by atoms with E-state index in [4.69, 9.17) is 4.74 Å². The highest BCUT2D eigenvalue weighted by molar-refractivity contribution is 5.81. The van der Waals surface area contributed by atoms with E-state index in [1.165, 1.54) is 0 Å². The summed E-state index contributed by atoms with van der Waals surface area (Å²) in [7, 11) is 0. The Morgan fingerprint density at radius 2 is 1.77 bits per heavy atom. The first kappa shape index (κ1) is 18.7. The van der Waals surface area contributed by atoms with Crippen LogP contribution in [0.1, 0.15) is 49.7 Å². The van der Waals surface area contributed by atoms with Crippen molar-refractivity contribution in [3.05, 3.63) is 29.3 Å². The first-order chi connectivity index (χ1) is 12.5. The van der Waals surface area contributed by atoms with Gasteiger partial charge >= 0.3 is 0 Å². The van der Waals surface area contributed by atoms with E-state index in [-0.39, 0.29) is 23.8 Å². The Balaban J connectivity index is 1.33. The lowest BCUT2D eigenvalue weighted by Crippen LogP contribution is -2.46. The Labute approximate surface area is 156 Å². The fourth-order valence-corrected chi connectivity index (χ4v) is 3.52. The van der Waals surface area contributed by atoms with Crippen molar-refractivity contribution in [2.45, 2.75) is 58.4 Å². The topological polar surface area (TPSA) is 58.6 Å². The lowest BCUT2D eigenvalue weighted by molar-refractivity contribution is -0.132. The number of para-hydroxylation sites is 1. The van der Waals surface area contributed by atoms with Crippen molar-refractivity contribution >= 4 is 11.8 Å². The Hall–Kier alpha value is -2.04. The van der Waals surface area contributed by atoms with Gasteiger partial charge in [-0.3, -0.25) is 9.59 Å². The Morgan fingerprint density at radius 3 is 2.38 bits per heavy atom. The zero-order chi connectivity index (χ0) is 18.5. The van der Waals surface area contributed by atoms with Gasteiger partial charge in [-0.2, -0.15) is 0 Å². The normalized spacial score (nSPS) is 17.8. The number of hydrogen-bond acceptors (Lipinski definition) is 3. The summed E-state index contributed by atoms with van der Waals surface area (Å²) >= 11 is 0. The minimum absolute atomic E-state index is 0.196. The van der Waals surface area contributed by atoms with E-state index in [0.29, 0.717) is 13.0 Å². The van der Waals surface area contributed by atoms with Crippen molar-refractivity contribution in [3.63, 3.8) is 0 Å². The standard InChI is InChI=1S/C21H30N2O3/c1-15-5-3-6-16(2)20(15)26-14-4-7-19(24)23-12-10-18(11-13-23)22-21(25)17-8-9-17/h3,5-6,17-18H,4,7-14H2,1-2H3,(H,22,25). The fraction of sp³-hybridized carbons (Fsp3) is 0.619. The summed E-state index contributed by atoms with van der Waals surface area (Å²) in [4.78, 5) is 26.1. The highest BCUT2D eigenvalue weighted by Gasteiger charge is 2.32. The van der Waals surface area contributed by atoms with Crippen LogP contribution >= 0.6 is 0 Å². The lowest BCUT2D eigenvalue weighted by Gasteiger charge is -2.32. The second-order valence-corrected chi connectivity index (χ2v) is 7.61. The van der Waals surface area contributed by atoms with Gasteiger partial charge in [0.2, 0.25) is 11.8 Å². The van der Waals surface area contributed by atoms with E-state index in [0.717, 1.165) is 62.1 Å². The van der Waals surface area contributed by atoms with E-state index in [2.05, 4.69) is 5.32 Å². The number of nitrogens with one attached hydrogen (secondary N) is 1. The molecule has 1 aromatic rings. The van der Waals surface area contributed by atoms with Crippen LogP contribution in [0.4, 0.5) is 0 Å². The monoisotopic (exact) mass is 358 g/mol. The van der Waals surface area contributed by atoms with Gasteiger partial charge < -0.3 is 15.0 Å². The molecule has 5 heteroatoms. The SMILES string of the molecule is Cc1cccc(C)c1OCCCC(=O)N1CCC(NC(=O)C2CC2)CC1. The molecule has 26 heavy (non-hydrogen) atoms. The molecule has 2 amide bonds. The molecule has 0 radical (unpaired) electrons. The zero-order valence-electron chi connectivity index (χ0n) is 15.9. The fourth-order valence-electron chi connectivity index (χ4n) is 3.52. The van der Waals surface area contributed by atoms with Crippen LogP contribution in [0.25, 0.3) is 0 Å². The number of ether oxygens (including phenoxy) is 1. The Bertz CT molecular complexity index is 626. The van der Waals surface area contributed by atoms with E-state index < -0.39 is 0 Å². The second kappa shape index (κ2) is 8.56. The number of rotatable bonds is 7. The van der Waals surface area contributed by atoms with E-state index in [9.17, 15) is 9.59 Å². The molecule has 1 N–H and O–H groups in total. The van der Waals surface area contributed by atoms with Crippen molar-refractivity contribution in [2.24, 2.45) is 5.92 Å². The molecule has 1 saturated heterocycles. The summed E-state index contributed by atoms with van der Waals surface area (Å²) in [5.41, 5.74) is 2.26. The number of nitrogens with zero attached hydrogens (tertiary/aromatic N) is 1. The van der Waals surface area contributed by atoms with Crippen LogP contribution in [-0.4, -0.2) is 42.5 Å². The molecular weight excluding hydrogens is 328 g/mol. The van der Waals surface area contributed by atoms with Gasteiger partial charge in [-0.1, -0.05) is 18.2 Å². The molecular formula is C21H30N2O3. The van der Waals surface area contributed by atoms with Crippen LogP contribution in [0.3, 0.4) is 0 Å². The molecule has 3 rings (SSSR count). The molecule has 0 spiro atoms. The molecule has 1 heterocycles. The molecule has 142 valence electrons. The molecule has 0 aromatic heterocycles. The highest BCUT2D eigenvalue weighted by atomic mass is 16.5. The number of amides is 2. The molecule has 1 aliphatic heterocycles. The number of carbonyl (C=O) groups excluding carboxylic acids is 2. The van der Waals surface area contributed by atoms with Crippen molar-refractivity contribution < 1.29 is 14.3 Å². The molecule has 1 aliphatic carbocycles. The highest BCUT2D eigenvalue weighted by Crippen LogP contribution is 2.29. The van der Waals surface area contributed by atoms with Crippen LogP contribution < -0.4 is 10.1 Å². The summed E-state index contributed by atoms with van der Waals surface area (Å²) in [5.74, 6) is 1.60. The largest absolute Gasteiger partial charge is 0.493 e. The lowest BCUT2D eigenvalue weighted by atomic mass is 10.0. The van der Waals surface area contributed by atoms with Crippen molar-refractivity contribution in [2.75, 3.05) is 19.7 Å². The van der Waals surface area contributed by atoms with Gasteiger partial charge in [0.25, 0.3) is 0 Å². The van der Waals surface area contributed by atoms with Crippen LogP contribution in [-0.2, 0) is 9.59 Å². The zero-order valence-corrected chi connectivity index (χ0v) is 15.9. The number of benzene rings is 1. The number of likely N-dealkylation sites (tertiary alicyclic amines) is 1. The molecule has 1 aromatic carbocycles. The maximum Gasteiger partial charge on any atom is 0.223 e. The maximum atomic E-state index is 12.4. The number of carbonyl (C=O) groups is 2. The third-order valence-corrected chi connectivity index (χ3v) is 5.33. The van der Waals surface area contributed by atoms with Crippen molar-refractivity contribution in [1.82, 2.24) is 10.2 Å². The summed E-state index contributed by atoms with van der Waals surface area (Å²) in [6.45, 7) is 6.13. The Kier molecular flexibility index (Phi) is 6.17. The van der Waals surface area contributed by atoms with Gasteiger partial charge in [0.1, 0.15) is 5.75 Å². The summed E-state index contributed by atoms with van der Waals surface area (Å²) in [5, 5.41) is 3.12. The number of piperidine rings is 1. The third-order valence-electron chi connectivity index (χ3n) is 5.33. The number of aryl methyl sites for hydroxylation is 2. The summed E-state index contributed by atoms with van der Waals surface area (Å²) in [6, 6.07) is 6.34. The summed E-state index contributed by atoms with van der Waals surface area (Å²) < 4.78 is 5.88. The molecule has 0 unspecified atom stereocenters. The van der Waals surface area contributed by atoms with E-state index >= 15 is 0 Å². The van der Waals surface area contributed by atoms with Gasteiger partial charge in [0, 0.05) is 31.5 Å². The van der Waals surface area contributed by atoms with Crippen molar-refractivity contribution in [3.8, 4) is 5.75 Å². The van der Waals surface area contributed by atoms with Gasteiger partial charge in [0.05, 0.1) is 6.61 Å². The molecule has 1 saturated carbocycles. The smallest absolute Gasteiger partial charge is 0.223 e. The third kappa shape index (κ3) is 4.99. The predicted octanol–water partition coefficient (Wildman–Crippen LogP) is 2.98. The van der Waals surface area contributed by atoms with Crippen LogP contribution in [0, 0.1) is 19.8 Å². The van der Waals surface area contributed by atoms with Gasteiger partial charge in [-0.15, -0.1) is 0 Å². The Morgan fingerprint density at radius 1 is 1.12 bits per heavy atom. The van der Waals surface area contributed by atoms with E-state index in [1.807, 2.05) is 36.9 Å². The minimum Gasteiger partial charge on any atom is -0.493 e. The second-order valence-electron chi connectivity index (χ2n) is 7.61. The first-order valence-electron chi connectivity index (χ1n) is 9.82. The maximum absolute atomic E-state index is 12.4. The molecule has 0 atom stereocenters. The molecule has 5 nitrogen and oxygen atoms in total. The van der Waals surface area contributed by atoms with Crippen molar-refractivity contribution in [1.29, 1.82) is 0 Å².